The first-order chi connectivity index (χ1) is 13.6. The summed E-state index contributed by atoms with van der Waals surface area (Å²) in [6.07, 6.45) is 3.05. The first kappa shape index (κ1) is 17.5. The van der Waals surface area contributed by atoms with Crippen LogP contribution >= 0.6 is 0 Å². The van der Waals surface area contributed by atoms with Gasteiger partial charge in [0.15, 0.2) is 0 Å². The minimum Gasteiger partial charge on any atom is -0.277 e. The molecule has 2 aromatic heterocycles. The molecular formula is C19H16FN7O. The van der Waals surface area contributed by atoms with Crippen LogP contribution in [-0.2, 0) is 4.79 Å². The van der Waals surface area contributed by atoms with Gasteiger partial charge in [0.2, 0.25) is 0 Å². The molecule has 1 atom stereocenters. The van der Waals surface area contributed by atoms with E-state index in [1.165, 1.54) is 18.3 Å². The van der Waals surface area contributed by atoms with Crippen molar-refractivity contribution in [3.05, 3.63) is 66.1 Å². The third-order valence-corrected chi connectivity index (χ3v) is 4.30. The van der Waals surface area contributed by atoms with Crippen molar-refractivity contribution in [3.8, 4) is 11.3 Å². The van der Waals surface area contributed by atoms with Crippen molar-refractivity contribution in [3.63, 3.8) is 0 Å². The Hall–Kier alpha value is -3.88. The number of H-pyrrole nitrogens is 1. The molecule has 0 bridgehead atoms. The number of aromatic nitrogens is 5. The zero-order valence-electron chi connectivity index (χ0n) is 14.9. The van der Waals surface area contributed by atoms with Crippen LogP contribution in [0.3, 0.4) is 0 Å². The van der Waals surface area contributed by atoms with Gasteiger partial charge in [0.05, 0.1) is 23.6 Å². The molecule has 0 aliphatic rings. The number of rotatable bonds is 5. The van der Waals surface area contributed by atoms with Gasteiger partial charge in [-0.1, -0.05) is 17.3 Å². The number of nitrogens with zero attached hydrogens (tertiary/aromatic N) is 5. The van der Waals surface area contributed by atoms with E-state index in [2.05, 4.69) is 31.0 Å². The van der Waals surface area contributed by atoms with Gasteiger partial charge in [-0.25, -0.2) is 14.5 Å². The molecular weight excluding hydrogens is 361 g/mol. The second kappa shape index (κ2) is 7.39. The average molecular weight is 377 g/mol. The molecule has 2 heterocycles. The zero-order valence-corrected chi connectivity index (χ0v) is 14.9. The Morgan fingerprint density at radius 3 is 2.86 bits per heavy atom. The van der Waals surface area contributed by atoms with Gasteiger partial charge in [-0.3, -0.25) is 9.89 Å². The molecule has 0 spiro atoms. The molecule has 28 heavy (non-hydrogen) atoms. The van der Waals surface area contributed by atoms with Gasteiger partial charge in [-0.15, -0.1) is 5.10 Å². The Morgan fingerprint density at radius 1 is 1.25 bits per heavy atom. The minimum absolute atomic E-state index is 0.319. The highest BCUT2D eigenvalue weighted by Crippen LogP contribution is 2.20. The SMILES string of the molecule is C[C@H](C(=O)N/N=C\c1cn[nH]c1-c1ccc(F)cc1)n1nnc2ccccc21. The summed E-state index contributed by atoms with van der Waals surface area (Å²) in [6, 6.07) is 12.8. The fraction of sp³-hybridized carbons (Fsp3) is 0.105. The molecule has 0 aliphatic carbocycles. The van der Waals surface area contributed by atoms with E-state index in [0.717, 1.165) is 11.1 Å². The van der Waals surface area contributed by atoms with Crippen LogP contribution in [0.1, 0.15) is 18.5 Å². The number of para-hydroxylation sites is 1. The Kier molecular flexibility index (Phi) is 4.63. The van der Waals surface area contributed by atoms with E-state index in [0.29, 0.717) is 16.8 Å². The Bertz CT molecular complexity index is 1150. The molecule has 0 fully saturated rings. The summed E-state index contributed by atoms with van der Waals surface area (Å²) in [5, 5.41) is 18.9. The number of halogens is 1. The maximum absolute atomic E-state index is 13.1. The van der Waals surface area contributed by atoms with Crippen LogP contribution in [0.2, 0.25) is 0 Å². The smallest absolute Gasteiger partial charge is 0.264 e. The number of nitrogens with one attached hydrogen (secondary N) is 2. The largest absolute Gasteiger partial charge is 0.277 e. The van der Waals surface area contributed by atoms with Crippen molar-refractivity contribution in [1.82, 2.24) is 30.6 Å². The van der Waals surface area contributed by atoms with E-state index in [-0.39, 0.29) is 11.7 Å². The van der Waals surface area contributed by atoms with E-state index in [9.17, 15) is 9.18 Å². The van der Waals surface area contributed by atoms with Gasteiger partial charge in [0.25, 0.3) is 5.91 Å². The molecule has 0 aliphatic heterocycles. The van der Waals surface area contributed by atoms with Crippen molar-refractivity contribution in [2.24, 2.45) is 5.10 Å². The maximum atomic E-state index is 13.1. The van der Waals surface area contributed by atoms with E-state index in [1.807, 2.05) is 24.3 Å². The lowest BCUT2D eigenvalue weighted by molar-refractivity contribution is -0.124. The molecule has 4 rings (SSSR count). The predicted molar refractivity (Wildman–Crippen MR) is 102 cm³/mol. The molecule has 8 nitrogen and oxygen atoms in total. The lowest BCUT2D eigenvalue weighted by Crippen LogP contribution is -2.28. The molecule has 140 valence electrons. The summed E-state index contributed by atoms with van der Waals surface area (Å²) >= 11 is 0. The average Bonchev–Trinajstić information content (AvgIpc) is 3.35. The quantitative estimate of drug-likeness (QED) is 0.412. The van der Waals surface area contributed by atoms with Gasteiger partial charge in [-0.2, -0.15) is 10.2 Å². The minimum atomic E-state index is -0.592. The van der Waals surface area contributed by atoms with Gasteiger partial charge < -0.3 is 0 Å². The van der Waals surface area contributed by atoms with Gasteiger partial charge in [0.1, 0.15) is 17.4 Å². The van der Waals surface area contributed by atoms with Crippen molar-refractivity contribution < 1.29 is 9.18 Å². The second-order valence-electron chi connectivity index (χ2n) is 6.14. The monoisotopic (exact) mass is 377 g/mol. The number of amides is 1. The van der Waals surface area contributed by atoms with Crippen LogP contribution < -0.4 is 5.43 Å². The van der Waals surface area contributed by atoms with E-state index < -0.39 is 6.04 Å². The van der Waals surface area contributed by atoms with Crippen molar-refractivity contribution >= 4 is 23.2 Å². The number of fused-ring (bicyclic) bond motifs is 1. The highest BCUT2D eigenvalue weighted by Gasteiger charge is 2.18. The van der Waals surface area contributed by atoms with Crippen LogP contribution in [0.15, 0.2) is 59.8 Å². The third kappa shape index (κ3) is 3.37. The molecule has 0 unspecified atom stereocenters. The zero-order chi connectivity index (χ0) is 19.5. The molecule has 4 aromatic rings. The number of hydrogen-bond donors (Lipinski definition) is 2. The molecule has 9 heteroatoms. The Balaban J connectivity index is 1.47. The molecule has 0 radical (unpaired) electrons. The maximum Gasteiger partial charge on any atom is 0.264 e. The summed E-state index contributed by atoms with van der Waals surface area (Å²) in [7, 11) is 0. The molecule has 0 saturated carbocycles. The summed E-state index contributed by atoms with van der Waals surface area (Å²) in [5.41, 5.74) is 6.07. The van der Waals surface area contributed by atoms with Crippen LogP contribution in [0.5, 0.6) is 0 Å². The highest BCUT2D eigenvalue weighted by molar-refractivity contribution is 5.90. The van der Waals surface area contributed by atoms with Crippen LogP contribution in [0.4, 0.5) is 4.39 Å². The number of aromatic amines is 1. The highest BCUT2D eigenvalue weighted by atomic mass is 19.1. The van der Waals surface area contributed by atoms with Gasteiger partial charge >= 0.3 is 0 Å². The number of carbonyl (C=O) groups is 1. The van der Waals surface area contributed by atoms with Crippen LogP contribution in [-0.4, -0.2) is 37.3 Å². The fourth-order valence-corrected chi connectivity index (χ4v) is 2.78. The number of carbonyl (C=O) groups excluding carboxylic acids is 1. The van der Waals surface area contributed by atoms with Gasteiger partial charge in [0, 0.05) is 11.1 Å². The number of benzene rings is 2. The number of hydrazone groups is 1. The molecule has 2 aromatic carbocycles. The Labute approximate surface area is 159 Å². The van der Waals surface area contributed by atoms with Crippen LogP contribution in [0.25, 0.3) is 22.3 Å². The number of hydrogen-bond acceptors (Lipinski definition) is 5. The fourth-order valence-electron chi connectivity index (χ4n) is 2.78. The van der Waals surface area contributed by atoms with Gasteiger partial charge in [-0.05, 0) is 43.3 Å². The van der Waals surface area contributed by atoms with Crippen molar-refractivity contribution in [1.29, 1.82) is 0 Å². The first-order valence-electron chi connectivity index (χ1n) is 8.55. The second-order valence-corrected chi connectivity index (χ2v) is 6.14. The Morgan fingerprint density at radius 2 is 2.04 bits per heavy atom. The van der Waals surface area contributed by atoms with E-state index in [4.69, 9.17) is 0 Å². The van der Waals surface area contributed by atoms with E-state index in [1.54, 1.807) is 29.9 Å². The summed E-state index contributed by atoms with van der Waals surface area (Å²) < 4.78 is 14.6. The molecule has 1 amide bonds. The van der Waals surface area contributed by atoms with E-state index >= 15 is 0 Å². The summed E-state index contributed by atoms with van der Waals surface area (Å²) in [5.74, 6) is -0.654. The first-order valence-corrected chi connectivity index (χ1v) is 8.55. The van der Waals surface area contributed by atoms with Crippen molar-refractivity contribution in [2.75, 3.05) is 0 Å². The van der Waals surface area contributed by atoms with Crippen molar-refractivity contribution in [2.45, 2.75) is 13.0 Å². The normalized spacial score (nSPS) is 12.5. The van der Waals surface area contributed by atoms with Crippen LogP contribution in [0, 0.1) is 5.82 Å². The summed E-state index contributed by atoms with van der Waals surface area (Å²) in [4.78, 5) is 12.4. The third-order valence-electron chi connectivity index (χ3n) is 4.30. The predicted octanol–water partition coefficient (Wildman–Crippen LogP) is 2.67. The standard InChI is InChI=1S/C19H16FN7O/c1-12(27-17-5-3-2-4-16(17)23-26-27)19(28)25-22-11-14-10-21-24-18(14)13-6-8-15(20)9-7-13/h2-12H,1H3,(H,21,24)(H,25,28)/b22-11-/t12-/m1/s1. The lowest BCUT2D eigenvalue weighted by atomic mass is 10.1. The lowest BCUT2D eigenvalue weighted by Gasteiger charge is -2.10. The molecule has 0 saturated heterocycles. The topological polar surface area (TPSA) is 101 Å². The molecule has 2 N–H and O–H groups in total. The summed E-state index contributed by atoms with van der Waals surface area (Å²) in [6.45, 7) is 1.72.